The molecule has 0 radical (unpaired) electrons. The number of hydrogen-bond acceptors (Lipinski definition) is 4. The molecule has 3 heterocycles. The van der Waals surface area contributed by atoms with Gasteiger partial charge in [0.2, 0.25) is 0 Å². The summed E-state index contributed by atoms with van der Waals surface area (Å²) >= 11 is 0. The summed E-state index contributed by atoms with van der Waals surface area (Å²) in [5.74, 6) is 0. The Morgan fingerprint density at radius 3 is 2.41 bits per heavy atom. The van der Waals surface area contributed by atoms with Crippen molar-refractivity contribution < 1.29 is 13.7 Å². The molecule has 3 aromatic rings. The van der Waals surface area contributed by atoms with Gasteiger partial charge in [-0.15, -0.1) is 0 Å². The van der Waals surface area contributed by atoms with Crippen molar-refractivity contribution in [1.29, 1.82) is 0 Å². The zero-order chi connectivity index (χ0) is 15.5. The lowest BCUT2D eigenvalue weighted by Gasteiger charge is -2.32. The maximum absolute atomic E-state index is 6.11. The van der Waals surface area contributed by atoms with Gasteiger partial charge in [0.05, 0.1) is 11.2 Å². The van der Waals surface area contributed by atoms with Gasteiger partial charge in [0.25, 0.3) is 0 Å². The molecule has 2 aromatic heterocycles. The maximum atomic E-state index is 6.11. The topological polar surface area (TPSA) is 44.5 Å². The molecule has 0 N–H and O–H groups in total. The molecule has 0 saturated carbocycles. The highest BCUT2D eigenvalue weighted by molar-refractivity contribution is 6.62. The lowest BCUT2D eigenvalue weighted by molar-refractivity contribution is 0.00578. The molecular formula is C17H18BNO3. The van der Waals surface area contributed by atoms with Crippen molar-refractivity contribution in [3.63, 3.8) is 0 Å². The molecule has 1 fully saturated rings. The van der Waals surface area contributed by atoms with Gasteiger partial charge >= 0.3 is 7.12 Å². The molecule has 0 unspecified atom stereocenters. The fourth-order valence-electron chi connectivity index (χ4n) is 2.74. The molecule has 0 bridgehead atoms. The number of hydrogen-bond donors (Lipinski definition) is 0. The highest BCUT2D eigenvalue weighted by Gasteiger charge is 2.51. The molecule has 5 heteroatoms. The Labute approximate surface area is 129 Å². The highest BCUT2D eigenvalue weighted by atomic mass is 16.7. The van der Waals surface area contributed by atoms with Crippen LogP contribution < -0.4 is 5.46 Å². The summed E-state index contributed by atoms with van der Waals surface area (Å²) in [7, 11) is -0.372. The van der Waals surface area contributed by atoms with Crippen molar-refractivity contribution in [2.45, 2.75) is 38.9 Å². The van der Waals surface area contributed by atoms with E-state index in [9.17, 15) is 0 Å². The summed E-state index contributed by atoms with van der Waals surface area (Å²) in [4.78, 5) is 4.42. The van der Waals surface area contributed by atoms with Crippen molar-refractivity contribution in [1.82, 2.24) is 4.98 Å². The third-order valence-electron chi connectivity index (χ3n) is 4.77. The number of rotatable bonds is 1. The summed E-state index contributed by atoms with van der Waals surface area (Å²) in [5, 5.41) is 0.989. The van der Waals surface area contributed by atoms with Crippen molar-refractivity contribution >= 4 is 34.7 Å². The second-order valence-electron chi connectivity index (χ2n) is 6.80. The minimum absolute atomic E-state index is 0.344. The molecule has 112 valence electrons. The summed E-state index contributed by atoms with van der Waals surface area (Å²) in [6.45, 7) is 8.22. The Bertz CT molecular complexity index is 853. The van der Waals surface area contributed by atoms with E-state index in [1.165, 1.54) is 0 Å². The van der Waals surface area contributed by atoms with Crippen LogP contribution in [0.4, 0.5) is 0 Å². The maximum Gasteiger partial charge on any atom is 0.494 e. The van der Waals surface area contributed by atoms with E-state index in [-0.39, 0.29) is 18.3 Å². The number of aromatic nitrogens is 1. The number of pyridine rings is 1. The number of fused-ring (bicyclic) bond motifs is 3. The predicted molar refractivity (Wildman–Crippen MR) is 87.2 cm³/mol. The van der Waals surface area contributed by atoms with E-state index in [0.29, 0.717) is 0 Å². The predicted octanol–water partition coefficient (Wildman–Crippen LogP) is 3.28. The number of nitrogens with zero attached hydrogens (tertiary/aromatic N) is 1. The molecule has 4 nitrogen and oxygen atoms in total. The summed E-state index contributed by atoms with van der Waals surface area (Å²) in [5.41, 5.74) is 2.79. The largest absolute Gasteiger partial charge is 0.494 e. The molecule has 1 aromatic carbocycles. The molecule has 0 amide bonds. The number of benzene rings is 1. The van der Waals surface area contributed by atoms with Crippen LogP contribution in [-0.2, 0) is 9.31 Å². The van der Waals surface area contributed by atoms with Gasteiger partial charge in [-0.1, -0.05) is 6.07 Å². The lowest BCUT2D eigenvalue weighted by Crippen LogP contribution is -2.41. The zero-order valence-corrected chi connectivity index (χ0v) is 13.2. The molecule has 0 spiro atoms. The van der Waals surface area contributed by atoms with Crippen molar-refractivity contribution in [2.75, 3.05) is 0 Å². The van der Waals surface area contributed by atoms with Gasteiger partial charge in [0, 0.05) is 11.6 Å². The van der Waals surface area contributed by atoms with Gasteiger partial charge in [-0.2, -0.15) is 0 Å². The van der Waals surface area contributed by atoms with Crippen molar-refractivity contribution in [3.05, 3.63) is 36.5 Å². The van der Waals surface area contributed by atoms with Crippen LogP contribution >= 0.6 is 0 Å². The van der Waals surface area contributed by atoms with Crippen molar-refractivity contribution in [2.24, 2.45) is 0 Å². The molecule has 1 aliphatic heterocycles. The first-order chi connectivity index (χ1) is 10.4. The Morgan fingerprint density at radius 2 is 1.68 bits per heavy atom. The normalized spacial score (nSPS) is 20.1. The molecule has 22 heavy (non-hydrogen) atoms. The molecule has 0 aliphatic carbocycles. The summed E-state index contributed by atoms with van der Waals surface area (Å²) in [6.07, 6.45) is 1.78. The standard InChI is InChI=1S/C17H18BNO3/c1-16(2)17(3,4)22-18(21-16)11-7-8-13-12(10-11)15-14(20-13)6-5-9-19-15/h5-10H,1-4H3. The van der Waals surface area contributed by atoms with E-state index >= 15 is 0 Å². The Balaban J connectivity index is 1.82. The molecule has 0 atom stereocenters. The van der Waals surface area contributed by atoms with Gasteiger partial charge in [0.15, 0.2) is 5.58 Å². The SMILES string of the molecule is CC1(C)OB(c2ccc3oc4cccnc4c3c2)OC1(C)C. The monoisotopic (exact) mass is 295 g/mol. The zero-order valence-electron chi connectivity index (χ0n) is 13.2. The van der Waals surface area contributed by atoms with Crippen LogP contribution in [0.15, 0.2) is 40.9 Å². The van der Waals surface area contributed by atoms with E-state index in [1.54, 1.807) is 6.20 Å². The van der Waals surface area contributed by atoms with E-state index in [0.717, 1.165) is 27.5 Å². The second kappa shape index (κ2) is 4.34. The van der Waals surface area contributed by atoms with E-state index in [4.69, 9.17) is 13.7 Å². The Hall–Kier alpha value is -1.85. The minimum Gasteiger partial charge on any atom is -0.454 e. The quantitative estimate of drug-likeness (QED) is 0.646. The minimum atomic E-state index is -0.372. The van der Waals surface area contributed by atoms with E-state index in [2.05, 4.69) is 38.7 Å². The average Bonchev–Trinajstić information content (AvgIpc) is 2.93. The number of furan rings is 1. The Morgan fingerprint density at radius 1 is 0.955 bits per heavy atom. The van der Waals surface area contributed by atoms with Crippen LogP contribution in [0.2, 0.25) is 0 Å². The van der Waals surface area contributed by atoms with Crippen LogP contribution in [-0.4, -0.2) is 23.3 Å². The summed E-state index contributed by atoms with van der Waals surface area (Å²) < 4.78 is 18.0. The summed E-state index contributed by atoms with van der Waals surface area (Å²) in [6, 6.07) is 9.80. The van der Waals surface area contributed by atoms with Gasteiger partial charge < -0.3 is 13.7 Å². The average molecular weight is 295 g/mol. The van der Waals surface area contributed by atoms with Gasteiger partial charge in [0.1, 0.15) is 11.1 Å². The fourth-order valence-corrected chi connectivity index (χ4v) is 2.74. The van der Waals surface area contributed by atoms with Crippen LogP contribution in [0.1, 0.15) is 27.7 Å². The van der Waals surface area contributed by atoms with Crippen LogP contribution in [0.3, 0.4) is 0 Å². The highest BCUT2D eigenvalue weighted by Crippen LogP contribution is 2.37. The van der Waals surface area contributed by atoms with Gasteiger partial charge in [-0.25, -0.2) is 0 Å². The lowest BCUT2D eigenvalue weighted by atomic mass is 9.78. The van der Waals surface area contributed by atoms with Crippen LogP contribution in [0.5, 0.6) is 0 Å². The second-order valence-corrected chi connectivity index (χ2v) is 6.80. The van der Waals surface area contributed by atoms with E-state index in [1.807, 2.05) is 24.3 Å². The van der Waals surface area contributed by atoms with Gasteiger partial charge in [-0.05, 0) is 57.4 Å². The first-order valence-corrected chi connectivity index (χ1v) is 7.50. The smallest absolute Gasteiger partial charge is 0.454 e. The van der Waals surface area contributed by atoms with E-state index < -0.39 is 0 Å². The third kappa shape index (κ3) is 1.89. The van der Waals surface area contributed by atoms with Crippen LogP contribution in [0.25, 0.3) is 22.1 Å². The van der Waals surface area contributed by atoms with Gasteiger partial charge in [-0.3, -0.25) is 4.98 Å². The molecule has 1 saturated heterocycles. The first-order valence-electron chi connectivity index (χ1n) is 7.50. The Kier molecular flexibility index (Phi) is 2.72. The molecular weight excluding hydrogens is 277 g/mol. The van der Waals surface area contributed by atoms with Crippen LogP contribution in [0, 0.1) is 0 Å². The molecule has 1 aliphatic rings. The third-order valence-corrected chi connectivity index (χ3v) is 4.77. The fraction of sp³-hybridized carbons (Fsp3) is 0.353. The van der Waals surface area contributed by atoms with Crippen molar-refractivity contribution in [3.8, 4) is 0 Å². The first kappa shape index (κ1) is 13.8. The molecule has 4 rings (SSSR count).